The Labute approximate surface area is 146 Å². The normalized spacial score (nSPS) is 17.4. The van der Waals surface area contributed by atoms with Crippen molar-refractivity contribution >= 4 is 5.91 Å². The fourth-order valence-electron chi connectivity index (χ4n) is 3.79. The first kappa shape index (κ1) is 16.3. The third-order valence-electron chi connectivity index (χ3n) is 5.09. The first-order valence-electron chi connectivity index (χ1n) is 9.02. The second-order valence-corrected chi connectivity index (χ2v) is 6.89. The highest BCUT2D eigenvalue weighted by atomic mass is 19.1. The molecule has 2 aliphatic rings. The van der Waals surface area contributed by atoms with Crippen LogP contribution < -0.4 is 5.32 Å². The van der Waals surface area contributed by atoms with Crippen LogP contribution in [0.3, 0.4) is 0 Å². The molecule has 0 spiro atoms. The van der Waals surface area contributed by atoms with E-state index in [9.17, 15) is 9.18 Å². The molecule has 132 valence electrons. The molecule has 0 atom stereocenters. The number of nitrogens with zero attached hydrogens (tertiary/aromatic N) is 3. The Kier molecular flexibility index (Phi) is 4.29. The standard InChI is InChI=1S/C19H23FN4O/c1-13-6-7-17(15(20)12-13)24-16-5-2-4-14(16)18(22-24)19(25)23-10-3-8-21-9-11-23/h6-7,12,21H,2-5,8-11H2,1H3. The van der Waals surface area contributed by atoms with Crippen LogP contribution in [0.4, 0.5) is 4.39 Å². The molecule has 1 fully saturated rings. The van der Waals surface area contributed by atoms with Gasteiger partial charge in [0.25, 0.3) is 5.91 Å². The predicted octanol–water partition coefficient (Wildman–Crippen LogP) is 2.24. The Balaban J connectivity index is 1.74. The average molecular weight is 342 g/mol. The smallest absolute Gasteiger partial charge is 0.274 e. The Hall–Kier alpha value is -2.21. The molecule has 1 saturated heterocycles. The lowest BCUT2D eigenvalue weighted by atomic mass is 10.1. The van der Waals surface area contributed by atoms with Gasteiger partial charge in [-0.1, -0.05) is 6.07 Å². The number of carbonyl (C=O) groups is 1. The van der Waals surface area contributed by atoms with Gasteiger partial charge in [-0.2, -0.15) is 5.10 Å². The van der Waals surface area contributed by atoms with E-state index in [1.54, 1.807) is 10.7 Å². The molecule has 0 unspecified atom stereocenters. The summed E-state index contributed by atoms with van der Waals surface area (Å²) in [5.41, 5.74) is 3.80. The first-order chi connectivity index (χ1) is 12.1. The molecule has 2 aromatic rings. The molecule has 1 aromatic carbocycles. The molecule has 1 aliphatic carbocycles. The van der Waals surface area contributed by atoms with Gasteiger partial charge in [0.1, 0.15) is 11.5 Å². The molecule has 25 heavy (non-hydrogen) atoms. The van der Waals surface area contributed by atoms with Crippen LogP contribution in [0.15, 0.2) is 18.2 Å². The fraction of sp³-hybridized carbons (Fsp3) is 0.474. The zero-order valence-electron chi connectivity index (χ0n) is 14.5. The van der Waals surface area contributed by atoms with E-state index in [0.29, 0.717) is 17.9 Å². The largest absolute Gasteiger partial charge is 0.336 e. The van der Waals surface area contributed by atoms with Gasteiger partial charge in [-0.3, -0.25) is 4.79 Å². The van der Waals surface area contributed by atoms with E-state index in [1.165, 1.54) is 6.07 Å². The van der Waals surface area contributed by atoms with Crippen LogP contribution in [-0.2, 0) is 12.8 Å². The van der Waals surface area contributed by atoms with E-state index in [1.807, 2.05) is 17.9 Å². The maximum absolute atomic E-state index is 14.5. The van der Waals surface area contributed by atoms with Crippen LogP contribution >= 0.6 is 0 Å². The summed E-state index contributed by atoms with van der Waals surface area (Å²) in [6.07, 6.45) is 3.62. The maximum Gasteiger partial charge on any atom is 0.274 e. The van der Waals surface area contributed by atoms with Crippen LogP contribution in [0.1, 0.15) is 40.2 Å². The van der Waals surface area contributed by atoms with Crippen molar-refractivity contribution in [2.45, 2.75) is 32.6 Å². The van der Waals surface area contributed by atoms with Crippen molar-refractivity contribution in [2.24, 2.45) is 0 Å². The number of rotatable bonds is 2. The van der Waals surface area contributed by atoms with Crippen molar-refractivity contribution in [1.82, 2.24) is 20.0 Å². The van der Waals surface area contributed by atoms with Crippen LogP contribution in [-0.4, -0.2) is 46.8 Å². The molecule has 1 aliphatic heterocycles. The Morgan fingerprint density at radius 1 is 1.20 bits per heavy atom. The number of benzene rings is 1. The molecule has 2 heterocycles. The Bertz CT molecular complexity index is 806. The number of hydrogen-bond acceptors (Lipinski definition) is 3. The molecular formula is C19H23FN4O. The number of fused-ring (bicyclic) bond motifs is 1. The summed E-state index contributed by atoms with van der Waals surface area (Å²) >= 11 is 0. The highest BCUT2D eigenvalue weighted by Gasteiger charge is 2.30. The van der Waals surface area contributed by atoms with Gasteiger partial charge in [0.15, 0.2) is 5.69 Å². The van der Waals surface area contributed by atoms with E-state index >= 15 is 0 Å². The van der Waals surface area contributed by atoms with Crippen LogP contribution in [0.2, 0.25) is 0 Å². The van der Waals surface area contributed by atoms with Gasteiger partial charge in [0.05, 0.1) is 0 Å². The summed E-state index contributed by atoms with van der Waals surface area (Å²) in [7, 11) is 0. The van der Waals surface area contributed by atoms with Gasteiger partial charge >= 0.3 is 0 Å². The van der Waals surface area contributed by atoms with Crippen molar-refractivity contribution in [3.8, 4) is 5.69 Å². The van der Waals surface area contributed by atoms with Gasteiger partial charge in [-0.15, -0.1) is 0 Å². The number of halogens is 1. The minimum Gasteiger partial charge on any atom is -0.336 e. The van der Waals surface area contributed by atoms with Crippen LogP contribution in [0.5, 0.6) is 0 Å². The van der Waals surface area contributed by atoms with E-state index < -0.39 is 0 Å². The number of amides is 1. The number of nitrogens with one attached hydrogen (secondary N) is 1. The molecule has 1 aromatic heterocycles. The fourth-order valence-corrected chi connectivity index (χ4v) is 3.79. The molecule has 5 nitrogen and oxygen atoms in total. The van der Waals surface area contributed by atoms with E-state index in [-0.39, 0.29) is 11.7 Å². The topological polar surface area (TPSA) is 50.2 Å². The highest BCUT2D eigenvalue weighted by molar-refractivity contribution is 5.94. The highest BCUT2D eigenvalue weighted by Crippen LogP contribution is 2.29. The molecule has 1 N–H and O–H groups in total. The third kappa shape index (κ3) is 2.95. The van der Waals surface area contributed by atoms with Crippen molar-refractivity contribution in [3.63, 3.8) is 0 Å². The quantitative estimate of drug-likeness (QED) is 0.911. The van der Waals surface area contributed by atoms with Gasteiger partial charge < -0.3 is 10.2 Å². The number of aryl methyl sites for hydroxylation is 1. The lowest BCUT2D eigenvalue weighted by Crippen LogP contribution is -2.35. The average Bonchev–Trinajstić information content (AvgIpc) is 3.08. The summed E-state index contributed by atoms with van der Waals surface area (Å²) in [5.74, 6) is -0.316. The third-order valence-corrected chi connectivity index (χ3v) is 5.09. The molecule has 1 amide bonds. The lowest BCUT2D eigenvalue weighted by Gasteiger charge is -2.19. The van der Waals surface area contributed by atoms with Gasteiger partial charge in [0.2, 0.25) is 0 Å². The minimum atomic E-state index is -0.296. The molecule has 4 rings (SSSR count). The van der Waals surface area contributed by atoms with E-state index in [2.05, 4.69) is 10.4 Å². The van der Waals surface area contributed by atoms with Crippen molar-refractivity contribution in [3.05, 3.63) is 46.5 Å². The van der Waals surface area contributed by atoms with E-state index in [4.69, 9.17) is 0 Å². The summed E-state index contributed by atoms with van der Waals surface area (Å²) in [4.78, 5) is 14.9. The predicted molar refractivity (Wildman–Crippen MR) is 93.7 cm³/mol. The number of carbonyl (C=O) groups excluding carboxylic acids is 1. The van der Waals surface area contributed by atoms with Crippen LogP contribution in [0.25, 0.3) is 5.69 Å². The molecular weight excluding hydrogens is 319 g/mol. The monoisotopic (exact) mass is 342 g/mol. The summed E-state index contributed by atoms with van der Waals surface area (Å²) in [6, 6.07) is 5.14. The number of aromatic nitrogens is 2. The maximum atomic E-state index is 14.5. The van der Waals surface area contributed by atoms with Gasteiger partial charge in [-0.25, -0.2) is 9.07 Å². The Morgan fingerprint density at radius 2 is 2.08 bits per heavy atom. The molecule has 0 radical (unpaired) electrons. The Morgan fingerprint density at radius 3 is 2.92 bits per heavy atom. The molecule has 0 saturated carbocycles. The number of hydrogen-bond donors (Lipinski definition) is 1. The second-order valence-electron chi connectivity index (χ2n) is 6.89. The van der Waals surface area contributed by atoms with Crippen molar-refractivity contribution in [2.75, 3.05) is 26.2 Å². The van der Waals surface area contributed by atoms with Crippen LogP contribution in [0, 0.1) is 12.7 Å². The summed E-state index contributed by atoms with van der Waals surface area (Å²) in [6.45, 7) is 5.04. The second kappa shape index (κ2) is 6.59. The summed E-state index contributed by atoms with van der Waals surface area (Å²) < 4.78 is 16.1. The summed E-state index contributed by atoms with van der Waals surface area (Å²) in [5, 5.41) is 7.87. The minimum absolute atomic E-state index is 0.0203. The zero-order valence-corrected chi connectivity index (χ0v) is 14.5. The van der Waals surface area contributed by atoms with E-state index in [0.717, 1.165) is 62.1 Å². The van der Waals surface area contributed by atoms with Crippen molar-refractivity contribution in [1.29, 1.82) is 0 Å². The van der Waals surface area contributed by atoms with Crippen molar-refractivity contribution < 1.29 is 9.18 Å². The van der Waals surface area contributed by atoms with Gasteiger partial charge in [0, 0.05) is 30.9 Å². The SMILES string of the molecule is Cc1ccc(-n2nc(C(=O)N3CCCNCC3)c3c2CCC3)c(F)c1. The first-order valence-corrected chi connectivity index (χ1v) is 9.02. The molecule has 6 heteroatoms. The lowest BCUT2D eigenvalue weighted by molar-refractivity contribution is 0.0759. The van der Waals surface area contributed by atoms with Gasteiger partial charge in [-0.05, 0) is 56.8 Å². The molecule has 0 bridgehead atoms. The zero-order chi connectivity index (χ0) is 17.4.